The second-order valence-electron chi connectivity index (χ2n) is 6.24. The molecule has 6 nitrogen and oxygen atoms in total. The molecule has 2 unspecified atom stereocenters. The molecule has 1 aliphatic heterocycles. The maximum Gasteiger partial charge on any atom is 0.272 e. The molecule has 0 spiro atoms. The van der Waals surface area contributed by atoms with Gasteiger partial charge in [-0.25, -0.2) is 9.50 Å². The SMILES string of the molecule is CC1CN(Cc2cc(=O)n3[nH]ccc3n2)C(c2ccccc2)CO1. The van der Waals surface area contributed by atoms with Crippen molar-refractivity contribution in [3.63, 3.8) is 0 Å². The second-order valence-corrected chi connectivity index (χ2v) is 6.24. The van der Waals surface area contributed by atoms with Crippen molar-refractivity contribution in [2.75, 3.05) is 13.2 Å². The van der Waals surface area contributed by atoms with Gasteiger partial charge in [0.2, 0.25) is 0 Å². The average molecular weight is 324 g/mol. The molecule has 0 aliphatic carbocycles. The predicted octanol–water partition coefficient (Wildman–Crippen LogP) is 1.98. The van der Waals surface area contributed by atoms with Crippen molar-refractivity contribution in [3.8, 4) is 0 Å². The van der Waals surface area contributed by atoms with E-state index in [9.17, 15) is 4.79 Å². The van der Waals surface area contributed by atoms with Crippen LogP contribution in [0.1, 0.15) is 24.2 Å². The summed E-state index contributed by atoms with van der Waals surface area (Å²) in [6.07, 6.45) is 1.89. The van der Waals surface area contributed by atoms with Gasteiger partial charge in [-0.05, 0) is 12.5 Å². The van der Waals surface area contributed by atoms with Gasteiger partial charge >= 0.3 is 0 Å². The summed E-state index contributed by atoms with van der Waals surface area (Å²) in [5, 5.41) is 2.87. The number of H-pyrrole nitrogens is 1. The Morgan fingerprint density at radius 3 is 2.96 bits per heavy atom. The number of morpholine rings is 1. The van der Waals surface area contributed by atoms with Crippen molar-refractivity contribution >= 4 is 5.65 Å². The number of nitrogens with one attached hydrogen (secondary N) is 1. The van der Waals surface area contributed by atoms with Gasteiger partial charge in [0, 0.05) is 31.4 Å². The highest BCUT2D eigenvalue weighted by atomic mass is 16.5. The van der Waals surface area contributed by atoms with Gasteiger partial charge in [0.05, 0.1) is 24.4 Å². The zero-order valence-electron chi connectivity index (χ0n) is 13.6. The van der Waals surface area contributed by atoms with Crippen LogP contribution in [0.25, 0.3) is 5.65 Å². The van der Waals surface area contributed by atoms with Crippen molar-refractivity contribution in [2.45, 2.75) is 25.6 Å². The molecule has 1 aromatic carbocycles. The molecule has 6 heteroatoms. The fourth-order valence-electron chi connectivity index (χ4n) is 3.29. The Morgan fingerprint density at radius 1 is 1.29 bits per heavy atom. The van der Waals surface area contributed by atoms with Gasteiger partial charge < -0.3 is 4.74 Å². The number of ether oxygens (including phenoxy) is 1. The lowest BCUT2D eigenvalue weighted by Crippen LogP contribution is -2.43. The van der Waals surface area contributed by atoms with Gasteiger partial charge in [0.1, 0.15) is 0 Å². The molecule has 1 N–H and O–H groups in total. The highest BCUT2D eigenvalue weighted by Gasteiger charge is 2.28. The zero-order chi connectivity index (χ0) is 16.5. The molecule has 3 aromatic rings. The largest absolute Gasteiger partial charge is 0.375 e. The molecule has 0 saturated carbocycles. The highest BCUT2D eigenvalue weighted by molar-refractivity contribution is 5.36. The predicted molar refractivity (Wildman–Crippen MR) is 90.8 cm³/mol. The Morgan fingerprint density at radius 2 is 2.12 bits per heavy atom. The Hall–Kier alpha value is -2.44. The maximum absolute atomic E-state index is 12.2. The zero-order valence-corrected chi connectivity index (χ0v) is 13.6. The third kappa shape index (κ3) is 2.86. The number of fused-ring (bicyclic) bond motifs is 1. The lowest BCUT2D eigenvalue weighted by Gasteiger charge is -2.38. The number of aromatic amines is 1. The van der Waals surface area contributed by atoms with Crippen LogP contribution in [0, 0.1) is 0 Å². The molecule has 2 atom stereocenters. The molecule has 1 aliphatic rings. The molecule has 4 rings (SSSR count). The minimum atomic E-state index is -0.0856. The normalized spacial score (nSPS) is 22.0. The molecule has 1 fully saturated rings. The van der Waals surface area contributed by atoms with Gasteiger partial charge in [0.15, 0.2) is 5.65 Å². The summed E-state index contributed by atoms with van der Waals surface area (Å²) in [5.74, 6) is 0. The van der Waals surface area contributed by atoms with Crippen molar-refractivity contribution < 1.29 is 4.74 Å². The summed E-state index contributed by atoms with van der Waals surface area (Å²) in [4.78, 5) is 19.1. The monoisotopic (exact) mass is 324 g/mol. The lowest BCUT2D eigenvalue weighted by molar-refractivity contribution is -0.0601. The fourth-order valence-corrected chi connectivity index (χ4v) is 3.29. The smallest absolute Gasteiger partial charge is 0.272 e. The van der Waals surface area contributed by atoms with E-state index in [1.54, 1.807) is 12.3 Å². The standard InChI is InChI=1S/C18H20N4O2/c1-13-10-21(16(12-24-13)14-5-3-2-4-6-14)11-15-9-18(23)22-17(20-15)7-8-19-22/h2-9,13,16,19H,10-12H2,1H3. The fraction of sp³-hybridized carbons (Fsp3) is 0.333. The molecule has 124 valence electrons. The van der Waals surface area contributed by atoms with Crippen molar-refractivity contribution in [1.29, 1.82) is 0 Å². The maximum atomic E-state index is 12.2. The van der Waals surface area contributed by atoms with Crippen LogP contribution >= 0.6 is 0 Å². The highest BCUT2D eigenvalue weighted by Crippen LogP contribution is 2.27. The number of hydrogen-bond donors (Lipinski definition) is 1. The Bertz CT molecular complexity index is 887. The van der Waals surface area contributed by atoms with Crippen molar-refractivity contribution in [3.05, 3.63) is 70.3 Å². The molecule has 0 amide bonds. The molecule has 1 saturated heterocycles. The molecule has 0 bridgehead atoms. The van der Waals surface area contributed by atoms with Crippen LogP contribution in [0.15, 0.2) is 53.5 Å². The van der Waals surface area contributed by atoms with E-state index in [2.05, 4.69) is 34.0 Å². The van der Waals surface area contributed by atoms with E-state index in [0.717, 1.165) is 12.2 Å². The van der Waals surface area contributed by atoms with Crippen LogP contribution < -0.4 is 5.56 Å². The van der Waals surface area contributed by atoms with Crippen LogP contribution in [0.3, 0.4) is 0 Å². The Labute approximate surface area is 139 Å². The quantitative estimate of drug-likeness (QED) is 0.800. The summed E-state index contributed by atoms with van der Waals surface area (Å²) < 4.78 is 7.31. The van der Waals surface area contributed by atoms with E-state index in [-0.39, 0.29) is 17.7 Å². The summed E-state index contributed by atoms with van der Waals surface area (Å²) in [5.41, 5.74) is 2.58. The Kier molecular flexibility index (Phi) is 3.92. The van der Waals surface area contributed by atoms with Crippen LogP contribution in [0.5, 0.6) is 0 Å². The number of benzene rings is 1. The van der Waals surface area contributed by atoms with Gasteiger partial charge in [-0.2, -0.15) is 0 Å². The van der Waals surface area contributed by atoms with Crippen LogP contribution in [0.2, 0.25) is 0 Å². The average Bonchev–Trinajstić information content (AvgIpc) is 3.05. The summed E-state index contributed by atoms with van der Waals surface area (Å²) in [6, 6.07) is 13.9. The summed E-state index contributed by atoms with van der Waals surface area (Å²) >= 11 is 0. The molecular formula is C18H20N4O2. The third-order valence-corrected chi connectivity index (χ3v) is 4.45. The van der Waals surface area contributed by atoms with Crippen molar-refractivity contribution in [1.82, 2.24) is 19.5 Å². The van der Waals surface area contributed by atoms with E-state index >= 15 is 0 Å². The summed E-state index contributed by atoms with van der Waals surface area (Å²) in [7, 11) is 0. The third-order valence-electron chi connectivity index (χ3n) is 4.45. The van der Waals surface area contributed by atoms with Crippen LogP contribution in [0.4, 0.5) is 0 Å². The molecule has 24 heavy (non-hydrogen) atoms. The minimum absolute atomic E-state index is 0.0856. The number of nitrogens with zero attached hydrogens (tertiary/aromatic N) is 3. The van der Waals surface area contributed by atoms with E-state index in [1.807, 2.05) is 24.3 Å². The van der Waals surface area contributed by atoms with Gasteiger partial charge in [-0.3, -0.25) is 14.8 Å². The number of aromatic nitrogens is 3. The lowest BCUT2D eigenvalue weighted by atomic mass is 10.0. The van der Waals surface area contributed by atoms with Gasteiger partial charge in [0.25, 0.3) is 5.56 Å². The van der Waals surface area contributed by atoms with E-state index < -0.39 is 0 Å². The summed E-state index contributed by atoms with van der Waals surface area (Å²) in [6.45, 7) is 4.17. The Balaban J connectivity index is 1.65. The molecule has 3 heterocycles. The number of rotatable bonds is 3. The topological polar surface area (TPSA) is 62.6 Å². The molecule has 0 radical (unpaired) electrons. The molecule has 2 aromatic heterocycles. The first-order chi connectivity index (χ1) is 11.7. The second kappa shape index (κ2) is 6.22. The first-order valence-corrected chi connectivity index (χ1v) is 8.17. The number of hydrogen-bond acceptors (Lipinski definition) is 4. The minimum Gasteiger partial charge on any atom is -0.375 e. The first-order valence-electron chi connectivity index (χ1n) is 8.17. The van der Waals surface area contributed by atoms with E-state index in [4.69, 9.17) is 4.74 Å². The molecular weight excluding hydrogens is 304 g/mol. The van der Waals surface area contributed by atoms with Gasteiger partial charge in [-0.15, -0.1) is 0 Å². The van der Waals surface area contributed by atoms with Crippen molar-refractivity contribution in [2.24, 2.45) is 0 Å². The van der Waals surface area contributed by atoms with Gasteiger partial charge in [-0.1, -0.05) is 30.3 Å². The first kappa shape index (κ1) is 15.1. The van der Waals surface area contributed by atoms with E-state index in [1.165, 1.54) is 10.1 Å². The van der Waals surface area contributed by atoms with Crippen LogP contribution in [-0.4, -0.2) is 38.8 Å². The van der Waals surface area contributed by atoms with E-state index in [0.29, 0.717) is 18.8 Å². The van der Waals surface area contributed by atoms with Crippen LogP contribution in [-0.2, 0) is 11.3 Å².